The maximum Gasteiger partial charge on any atom is 0.338 e. The second-order valence-electron chi connectivity index (χ2n) is 6.72. The van der Waals surface area contributed by atoms with Crippen LogP contribution in [-0.4, -0.2) is 55.7 Å². The molecule has 0 fully saturated rings. The molecule has 0 spiro atoms. The number of sulfonamides is 1. The minimum absolute atomic E-state index is 0.0379. The number of rotatable bonds is 8. The number of aromatic amines is 1. The highest BCUT2D eigenvalue weighted by atomic mass is 32.2. The summed E-state index contributed by atoms with van der Waals surface area (Å²) >= 11 is 0. The Morgan fingerprint density at radius 3 is 2.33 bits per heavy atom. The van der Waals surface area contributed by atoms with Gasteiger partial charge in [-0.05, 0) is 51.5 Å². The summed E-state index contributed by atoms with van der Waals surface area (Å²) in [6.45, 7) is 6.13. The lowest BCUT2D eigenvalue weighted by molar-refractivity contribution is -0.0258. The van der Waals surface area contributed by atoms with Crippen molar-refractivity contribution in [3.8, 4) is 0 Å². The molecule has 1 atom stereocenters. The predicted octanol–water partition coefficient (Wildman–Crippen LogP) is 2.44. The summed E-state index contributed by atoms with van der Waals surface area (Å²) in [6, 6.07) is 5.22. The van der Waals surface area contributed by atoms with E-state index in [1.807, 2.05) is 0 Å². The van der Waals surface area contributed by atoms with Crippen molar-refractivity contribution in [2.45, 2.75) is 38.7 Å². The maximum absolute atomic E-state index is 12.7. The first kappa shape index (κ1) is 23.5. The van der Waals surface area contributed by atoms with Gasteiger partial charge in [-0.3, -0.25) is 14.4 Å². The molecule has 1 heterocycles. The predicted molar refractivity (Wildman–Crippen MR) is 108 cm³/mol. The van der Waals surface area contributed by atoms with Crippen molar-refractivity contribution in [2.75, 3.05) is 14.2 Å². The van der Waals surface area contributed by atoms with Gasteiger partial charge >= 0.3 is 5.97 Å². The topological polar surface area (TPSA) is 123 Å². The fraction of sp³-hybridized carbons (Fsp3) is 0.350. The van der Waals surface area contributed by atoms with E-state index in [9.17, 15) is 22.8 Å². The van der Waals surface area contributed by atoms with E-state index in [1.54, 1.807) is 13.8 Å². The van der Waals surface area contributed by atoms with Crippen LogP contribution in [0.3, 0.4) is 0 Å². The Kier molecular flexibility index (Phi) is 6.96. The smallest absolute Gasteiger partial charge is 0.338 e. The van der Waals surface area contributed by atoms with E-state index in [0.29, 0.717) is 21.3 Å². The summed E-state index contributed by atoms with van der Waals surface area (Å²) in [7, 11) is -1.53. The van der Waals surface area contributed by atoms with E-state index >= 15 is 0 Å². The number of carbonyl (C=O) groups is 3. The van der Waals surface area contributed by atoms with Gasteiger partial charge in [0.2, 0.25) is 5.78 Å². The van der Waals surface area contributed by atoms with Crippen LogP contribution in [0, 0.1) is 13.8 Å². The molecule has 0 saturated carbocycles. The minimum atomic E-state index is -3.95. The maximum atomic E-state index is 12.7. The number of aryl methyl sites for hydroxylation is 1. The number of ether oxygens (including phenoxy) is 1. The Morgan fingerprint density at radius 1 is 1.17 bits per heavy atom. The first-order valence-electron chi connectivity index (χ1n) is 9.00. The van der Waals surface area contributed by atoms with Gasteiger partial charge in [-0.25, -0.2) is 13.2 Å². The Balaban J connectivity index is 2.25. The Morgan fingerprint density at radius 2 is 1.80 bits per heavy atom. The molecule has 1 aromatic carbocycles. The monoisotopic (exact) mass is 436 g/mol. The highest BCUT2D eigenvalue weighted by Crippen LogP contribution is 2.21. The largest absolute Gasteiger partial charge is 0.451 e. The van der Waals surface area contributed by atoms with Crippen LogP contribution in [-0.2, 0) is 19.6 Å². The molecule has 10 heteroatoms. The van der Waals surface area contributed by atoms with E-state index in [2.05, 4.69) is 4.98 Å². The summed E-state index contributed by atoms with van der Waals surface area (Å²) in [6.07, 6.45) is -1.16. The number of Topliss-reactive ketones (excluding diaryl/α,β-unsaturated/α-hetero) is 2. The van der Waals surface area contributed by atoms with Crippen molar-refractivity contribution in [2.24, 2.45) is 0 Å². The number of ketones is 2. The average molecular weight is 436 g/mol. The van der Waals surface area contributed by atoms with Crippen LogP contribution in [0.4, 0.5) is 0 Å². The molecule has 0 aliphatic rings. The minimum Gasteiger partial charge on any atom is -0.451 e. The Labute approximate surface area is 175 Å². The normalized spacial score (nSPS) is 12.6. The van der Waals surface area contributed by atoms with E-state index in [-0.39, 0.29) is 21.9 Å². The lowest BCUT2D eigenvalue weighted by Crippen LogP contribution is -2.27. The molecular weight excluding hydrogens is 412 g/mol. The van der Waals surface area contributed by atoms with Crippen LogP contribution in [0.1, 0.15) is 56.3 Å². The molecule has 2 aromatic rings. The number of carbonyl (C=O) groups excluding carboxylic acids is 3. The van der Waals surface area contributed by atoms with Gasteiger partial charge in [-0.1, -0.05) is 10.5 Å². The lowest BCUT2D eigenvalue weighted by atomic mass is 10.0. The molecule has 0 amide bonds. The third kappa shape index (κ3) is 4.50. The van der Waals surface area contributed by atoms with Gasteiger partial charge in [-0.2, -0.15) is 0 Å². The standard InChI is InChI=1S/C20H24N2O7S/c1-11-17(13(3)23)12(2)21-18(11)19(24)14(4)29-20(25)15-8-7-9-16(10-15)30(26,27)22(5)28-6/h7-10,14,21H,1-6H3. The highest BCUT2D eigenvalue weighted by molar-refractivity contribution is 7.89. The van der Waals surface area contributed by atoms with Crippen LogP contribution >= 0.6 is 0 Å². The van der Waals surface area contributed by atoms with E-state index in [0.717, 1.165) is 6.07 Å². The fourth-order valence-corrected chi connectivity index (χ4v) is 4.06. The number of esters is 1. The molecule has 0 saturated heterocycles. The highest BCUT2D eigenvalue weighted by Gasteiger charge is 2.27. The van der Waals surface area contributed by atoms with Crippen LogP contribution in [0.2, 0.25) is 0 Å². The number of aromatic nitrogens is 1. The van der Waals surface area contributed by atoms with E-state index < -0.39 is 27.9 Å². The van der Waals surface area contributed by atoms with Crippen LogP contribution in [0.5, 0.6) is 0 Å². The van der Waals surface area contributed by atoms with Gasteiger partial charge in [0.1, 0.15) is 0 Å². The Hall–Kier alpha value is -2.82. The van der Waals surface area contributed by atoms with Crippen LogP contribution < -0.4 is 0 Å². The lowest BCUT2D eigenvalue weighted by Gasteiger charge is -2.15. The SMILES string of the molecule is CON(C)S(=O)(=O)c1cccc(C(=O)OC(C)C(=O)c2[nH]c(C)c(C(C)=O)c2C)c1. The number of H-pyrrole nitrogens is 1. The molecule has 0 radical (unpaired) electrons. The molecule has 2 rings (SSSR count). The van der Waals surface area contributed by atoms with Crippen molar-refractivity contribution in [1.29, 1.82) is 0 Å². The van der Waals surface area contributed by atoms with E-state index in [4.69, 9.17) is 9.57 Å². The molecule has 162 valence electrons. The first-order valence-corrected chi connectivity index (χ1v) is 10.4. The van der Waals surface area contributed by atoms with Crippen LogP contribution in [0.15, 0.2) is 29.2 Å². The molecule has 1 N–H and O–H groups in total. The second kappa shape index (κ2) is 8.90. The zero-order valence-electron chi connectivity index (χ0n) is 17.6. The number of hydrogen-bond acceptors (Lipinski definition) is 7. The van der Waals surface area contributed by atoms with Crippen molar-refractivity contribution in [3.63, 3.8) is 0 Å². The zero-order valence-corrected chi connectivity index (χ0v) is 18.4. The van der Waals surface area contributed by atoms with Crippen molar-refractivity contribution in [3.05, 3.63) is 52.3 Å². The number of benzene rings is 1. The van der Waals surface area contributed by atoms with Gasteiger partial charge in [0.15, 0.2) is 11.9 Å². The summed E-state index contributed by atoms with van der Waals surface area (Å²) in [5.41, 5.74) is 1.63. The first-order chi connectivity index (χ1) is 13.9. The van der Waals surface area contributed by atoms with Gasteiger partial charge in [-0.15, -0.1) is 0 Å². The summed E-state index contributed by atoms with van der Waals surface area (Å²) < 4.78 is 30.6. The third-order valence-electron chi connectivity index (χ3n) is 4.65. The van der Waals surface area contributed by atoms with Gasteiger partial charge in [0.05, 0.1) is 23.3 Å². The van der Waals surface area contributed by atoms with Gasteiger partial charge in [0.25, 0.3) is 10.0 Å². The average Bonchev–Trinajstić information content (AvgIpc) is 3.00. The van der Waals surface area contributed by atoms with Crippen molar-refractivity contribution >= 4 is 27.6 Å². The molecule has 0 aliphatic heterocycles. The number of nitrogens with zero attached hydrogens (tertiary/aromatic N) is 1. The fourth-order valence-electron chi connectivity index (χ4n) is 3.04. The molecule has 9 nitrogen and oxygen atoms in total. The third-order valence-corrected chi connectivity index (χ3v) is 6.33. The molecule has 1 aromatic heterocycles. The molecule has 1 unspecified atom stereocenters. The Bertz CT molecular complexity index is 1100. The number of nitrogens with one attached hydrogen (secondary N) is 1. The van der Waals surface area contributed by atoms with Crippen molar-refractivity contribution < 1.29 is 32.4 Å². The van der Waals surface area contributed by atoms with Gasteiger partial charge < -0.3 is 9.72 Å². The quantitative estimate of drug-likeness (QED) is 0.383. The summed E-state index contributed by atoms with van der Waals surface area (Å²) in [5.74, 6) is -1.54. The van der Waals surface area contributed by atoms with E-state index in [1.165, 1.54) is 46.2 Å². The number of hydrogen-bond donors (Lipinski definition) is 1. The zero-order chi connectivity index (χ0) is 22.8. The van der Waals surface area contributed by atoms with Crippen LogP contribution in [0.25, 0.3) is 0 Å². The molecular formula is C20H24N2O7S. The molecule has 30 heavy (non-hydrogen) atoms. The van der Waals surface area contributed by atoms with Gasteiger partial charge in [0, 0.05) is 18.3 Å². The molecule has 0 aliphatic carbocycles. The summed E-state index contributed by atoms with van der Waals surface area (Å²) in [4.78, 5) is 44.4. The second-order valence-corrected chi connectivity index (χ2v) is 8.65. The molecule has 0 bridgehead atoms. The number of hydroxylamine groups is 1. The summed E-state index contributed by atoms with van der Waals surface area (Å²) in [5, 5.41) is 0. The van der Waals surface area contributed by atoms with Crippen molar-refractivity contribution in [1.82, 2.24) is 9.45 Å².